The van der Waals surface area contributed by atoms with Crippen LogP contribution in [0.25, 0.3) is 11.1 Å². The van der Waals surface area contributed by atoms with Gasteiger partial charge < -0.3 is 5.32 Å². The number of amides is 1. The van der Waals surface area contributed by atoms with Crippen LogP contribution in [0.4, 0.5) is 0 Å². The fourth-order valence-electron chi connectivity index (χ4n) is 2.09. The third kappa shape index (κ3) is 3.94. The summed E-state index contributed by atoms with van der Waals surface area (Å²) in [6.07, 6.45) is 0. The predicted molar refractivity (Wildman–Crippen MR) is 87.9 cm³/mol. The molecule has 0 bridgehead atoms. The minimum absolute atomic E-state index is 0.0153. The van der Waals surface area contributed by atoms with Crippen molar-refractivity contribution in [1.29, 1.82) is 0 Å². The Morgan fingerprint density at radius 1 is 0.905 bits per heavy atom. The Morgan fingerprint density at radius 2 is 1.43 bits per heavy atom. The van der Waals surface area contributed by atoms with E-state index in [2.05, 4.69) is 41.7 Å². The van der Waals surface area contributed by atoms with Gasteiger partial charge in [-0.3, -0.25) is 4.79 Å². The van der Waals surface area contributed by atoms with Crippen LogP contribution in [0.1, 0.15) is 39.3 Å². The van der Waals surface area contributed by atoms with E-state index < -0.39 is 0 Å². The van der Waals surface area contributed by atoms with Crippen molar-refractivity contribution in [1.82, 2.24) is 5.32 Å². The first kappa shape index (κ1) is 15.3. The molecule has 0 unspecified atom stereocenters. The maximum absolute atomic E-state index is 12.0. The first-order valence-corrected chi connectivity index (χ1v) is 7.34. The van der Waals surface area contributed by atoms with E-state index >= 15 is 0 Å². The average molecular weight is 281 g/mol. The van der Waals surface area contributed by atoms with E-state index in [1.807, 2.05) is 45.9 Å². The van der Waals surface area contributed by atoms with Crippen LogP contribution in [0.5, 0.6) is 0 Å². The molecular formula is C19H23NO. The summed E-state index contributed by atoms with van der Waals surface area (Å²) in [5.74, 6) is 0.0714. The molecule has 0 aliphatic rings. The van der Waals surface area contributed by atoms with Crippen molar-refractivity contribution in [2.24, 2.45) is 5.41 Å². The third-order valence-electron chi connectivity index (χ3n) is 3.55. The highest BCUT2D eigenvalue weighted by Gasteiger charge is 2.22. The second-order valence-electron chi connectivity index (χ2n) is 6.43. The van der Waals surface area contributed by atoms with Gasteiger partial charge in [0, 0.05) is 5.41 Å². The number of benzene rings is 2. The minimum atomic E-state index is -0.363. The molecule has 1 N–H and O–H groups in total. The van der Waals surface area contributed by atoms with Crippen LogP contribution in [0.15, 0.2) is 54.6 Å². The highest BCUT2D eigenvalue weighted by atomic mass is 16.2. The van der Waals surface area contributed by atoms with Gasteiger partial charge in [-0.05, 0) is 23.6 Å². The van der Waals surface area contributed by atoms with E-state index in [9.17, 15) is 4.79 Å². The third-order valence-corrected chi connectivity index (χ3v) is 3.55. The molecule has 0 aliphatic carbocycles. The van der Waals surface area contributed by atoms with Crippen molar-refractivity contribution in [2.45, 2.75) is 33.7 Å². The molecule has 110 valence electrons. The van der Waals surface area contributed by atoms with Gasteiger partial charge in [0.15, 0.2) is 0 Å². The normalized spacial score (nSPS) is 12.8. The predicted octanol–water partition coefficient (Wildman–Crippen LogP) is 4.58. The van der Waals surface area contributed by atoms with Crippen molar-refractivity contribution >= 4 is 5.91 Å². The maximum Gasteiger partial charge on any atom is 0.225 e. The van der Waals surface area contributed by atoms with Gasteiger partial charge in [0.1, 0.15) is 0 Å². The number of hydrogen-bond acceptors (Lipinski definition) is 1. The number of hydrogen-bond donors (Lipinski definition) is 1. The smallest absolute Gasteiger partial charge is 0.225 e. The molecule has 2 aromatic rings. The van der Waals surface area contributed by atoms with Gasteiger partial charge in [0.05, 0.1) is 6.04 Å². The lowest BCUT2D eigenvalue weighted by Gasteiger charge is -2.22. The van der Waals surface area contributed by atoms with E-state index in [1.165, 1.54) is 11.1 Å². The van der Waals surface area contributed by atoms with Crippen LogP contribution >= 0.6 is 0 Å². The molecule has 0 aromatic heterocycles. The SMILES string of the molecule is C[C@H](NC(=O)C(C)(C)C)c1ccc(-c2ccccc2)cc1. The fourth-order valence-corrected chi connectivity index (χ4v) is 2.09. The number of carbonyl (C=O) groups excluding carboxylic acids is 1. The van der Waals surface area contributed by atoms with Gasteiger partial charge in [0.2, 0.25) is 5.91 Å². The van der Waals surface area contributed by atoms with E-state index in [0.29, 0.717) is 0 Å². The molecule has 0 fully saturated rings. The van der Waals surface area contributed by atoms with Crippen molar-refractivity contribution in [2.75, 3.05) is 0 Å². The lowest BCUT2D eigenvalue weighted by atomic mass is 9.94. The number of carbonyl (C=O) groups is 1. The number of nitrogens with one attached hydrogen (secondary N) is 1. The summed E-state index contributed by atoms with van der Waals surface area (Å²) in [4.78, 5) is 12.0. The lowest BCUT2D eigenvalue weighted by molar-refractivity contribution is -0.129. The summed E-state index contributed by atoms with van der Waals surface area (Å²) in [5, 5.41) is 3.06. The highest BCUT2D eigenvalue weighted by molar-refractivity contribution is 5.81. The molecule has 0 saturated heterocycles. The molecular weight excluding hydrogens is 258 g/mol. The van der Waals surface area contributed by atoms with Crippen LogP contribution in [0.2, 0.25) is 0 Å². The molecule has 2 rings (SSSR count). The van der Waals surface area contributed by atoms with Crippen LogP contribution in [0, 0.1) is 5.41 Å². The van der Waals surface area contributed by atoms with E-state index in [4.69, 9.17) is 0 Å². The minimum Gasteiger partial charge on any atom is -0.349 e. The largest absolute Gasteiger partial charge is 0.349 e. The van der Waals surface area contributed by atoms with Crippen LogP contribution in [-0.4, -0.2) is 5.91 Å². The molecule has 1 amide bonds. The summed E-state index contributed by atoms with van der Waals surface area (Å²) in [6, 6.07) is 18.7. The zero-order chi connectivity index (χ0) is 15.5. The second-order valence-corrected chi connectivity index (χ2v) is 6.43. The standard InChI is InChI=1S/C19H23NO/c1-14(20-18(21)19(2,3)4)15-10-12-17(13-11-15)16-8-6-5-7-9-16/h5-14H,1-4H3,(H,20,21)/t14-/m0/s1. The average Bonchev–Trinajstić information content (AvgIpc) is 2.47. The van der Waals surface area contributed by atoms with E-state index in [1.54, 1.807) is 0 Å². The molecule has 0 aliphatic heterocycles. The Morgan fingerprint density at radius 3 is 1.95 bits per heavy atom. The first-order chi connectivity index (χ1) is 9.88. The summed E-state index contributed by atoms with van der Waals surface area (Å²) < 4.78 is 0. The molecule has 21 heavy (non-hydrogen) atoms. The van der Waals surface area contributed by atoms with Crippen molar-refractivity contribution < 1.29 is 4.79 Å². The quantitative estimate of drug-likeness (QED) is 0.876. The topological polar surface area (TPSA) is 29.1 Å². The molecule has 0 saturated carbocycles. The van der Waals surface area contributed by atoms with Gasteiger partial charge in [-0.2, -0.15) is 0 Å². The molecule has 2 aromatic carbocycles. The fraction of sp³-hybridized carbons (Fsp3) is 0.316. The first-order valence-electron chi connectivity index (χ1n) is 7.34. The summed E-state index contributed by atoms with van der Waals surface area (Å²) in [5.41, 5.74) is 3.15. The second kappa shape index (κ2) is 6.13. The van der Waals surface area contributed by atoms with Crippen LogP contribution in [0.3, 0.4) is 0 Å². The van der Waals surface area contributed by atoms with Gasteiger partial charge in [-0.15, -0.1) is 0 Å². The van der Waals surface area contributed by atoms with E-state index in [-0.39, 0.29) is 17.4 Å². The molecule has 2 heteroatoms. The molecule has 0 heterocycles. The summed E-state index contributed by atoms with van der Waals surface area (Å²) >= 11 is 0. The summed E-state index contributed by atoms with van der Waals surface area (Å²) in [6.45, 7) is 7.79. The highest BCUT2D eigenvalue weighted by Crippen LogP contribution is 2.22. The molecule has 1 atom stereocenters. The van der Waals surface area contributed by atoms with Crippen molar-refractivity contribution in [3.8, 4) is 11.1 Å². The van der Waals surface area contributed by atoms with Crippen LogP contribution < -0.4 is 5.32 Å². The molecule has 0 spiro atoms. The van der Waals surface area contributed by atoms with Crippen molar-refractivity contribution in [3.63, 3.8) is 0 Å². The Kier molecular flexibility index (Phi) is 4.46. The van der Waals surface area contributed by atoms with E-state index in [0.717, 1.165) is 5.56 Å². The Hall–Kier alpha value is -2.09. The Labute approximate surface area is 127 Å². The lowest BCUT2D eigenvalue weighted by Crippen LogP contribution is -2.36. The Bertz CT molecular complexity index is 594. The maximum atomic E-state index is 12.0. The Balaban J connectivity index is 2.10. The van der Waals surface area contributed by atoms with Gasteiger partial charge in [0.25, 0.3) is 0 Å². The number of rotatable bonds is 3. The zero-order valence-electron chi connectivity index (χ0n) is 13.2. The molecule has 2 nitrogen and oxygen atoms in total. The van der Waals surface area contributed by atoms with Crippen LogP contribution in [-0.2, 0) is 4.79 Å². The van der Waals surface area contributed by atoms with Gasteiger partial charge >= 0.3 is 0 Å². The zero-order valence-corrected chi connectivity index (χ0v) is 13.2. The van der Waals surface area contributed by atoms with Gasteiger partial charge in [-0.25, -0.2) is 0 Å². The monoisotopic (exact) mass is 281 g/mol. The van der Waals surface area contributed by atoms with Gasteiger partial charge in [-0.1, -0.05) is 75.4 Å². The summed E-state index contributed by atoms with van der Waals surface area (Å²) in [7, 11) is 0. The van der Waals surface area contributed by atoms with Crippen molar-refractivity contribution in [3.05, 3.63) is 60.2 Å². The molecule has 0 radical (unpaired) electrons.